The van der Waals surface area contributed by atoms with Crippen LogP contribution < -0.4 is 4.72 Å². The van der Waals surface area contributed by atoms with Gasteiger partial charge in [0.1, 0.15) is 4.21 Å². The molecule has 1 heterocycles. The molecule has 0 saturated heterocycles. The molecule has 1 aromatic carbocycles. The van der Waals surface area contributed by atoms with Crippen molar-refractivity contribution < 1.29 is 8.42 Å². The van der Waals surface area contributed by atoms with E-state index in [2.05, 4.69) is 20.7 Å². The summed E-state index contributed by atoms with van der Waals surface area (Å²) in [4.78, 5) is -0.0705. The maximum atomic E-state index is 12.0. The number of benzene rings is 1. The van der Waals surface area contributed by atoms with E-state index in [4.69, 9.17) is 11.6 Å². The highest BCUT2D eigenvalue weighted by Crippen LogP contribution is 2.26. The Labute approximate surface area is 129 Å². The van der Waals surface area contributed by atoms with Crippen LogP contribution in [0.25, 0.3) is 0 Å². The van der Waals surface area contributed by atoms with Crippen LogP contribution in [-0.2, 0) is 10.0 Å². The first-order valence-electron chi connectivity index (χ1n) is 5.43. The minimum atomic E-state index is -3.49. The van der Waals surface area contributed by atoms with Crippen molar-refractivity contribution in [2.75, 3.05) is 6.54 Å². The highest BCUT2D eigenvalue weighted by molar-refractivity contribution is 9.09. The lowest BCUT2D eigenvalue weighted by atomic mass is 10.2. The second kappa shape index (κ2) is 6.37. The largest absolute Gasteiger partial charge is 0.250 e. The number of sulfonamides is 1. The third kappa shape index (κ3) is 4.03. The zero-order valence-electron chi connectivity index (χ0n) is 9.71. The number of halogens is 2. The van der Waals surface area contributed by atoms with Gasteiger partial charge in [0, 0.05) is 6.54 Å². The first-order chi connectivity index (χ1) is 8.99. The van der Waals surface area contributed by atoms with Crippen LogP contribution in [0.1, 0.15) is 10.4 Å². The molecule has 2 rings (SSSR count). The molecule has 0 aliphatic heterocycles. The molecule has 1 N–H and O–H groups in total. The molecule has 1 atom stereocenters. The second-order valence-electron chi connectivity index (χ2n) is 3.79. The molecule has 2 aromatic rings. The number of hydrogen-bond donors (Lipinski definition) is 1. The van der Waals surface area contributed by atoms with Gasteiger partial charge in [-0.1, -0.05) is 57.9 Å². The average Bonchev–Trinajstić information content (AvgIpc) is 2.85. The Morgan fingerprint density at radius 3 is 2.47 bits per heavy atom. The van der Waals surface area contributed by atoms with Crippen molar-refractivity contribution >= 4 is 48.9 Å². The molecule has 0 aliphatic rings. The Hall–Kier alpha value is -0.400. The molecule has 0 spiro atoms. The van der Waals surface area contributed by atoms with E-state index < -0.39 is 10.0 Å². The zero-order chi connectivity index (χ0) is 13.9. The second-order valence-corrected chi connectivity index (χ2v) is 8.60. The lowest BCUT2D eigenvalue weighted by Gasteiger charge is -2.11. The molecule has 0 aliphatic carbocycles. The maximum absolute atomic E-state index is 12.0. The van der Waals surface area contributed by atoms with E-state index in [0.717, 1.165) is 16.9 Å². The summed E-state index contributed by atoms with van der Waals surface area (Å²) in [6.45, 7) is 0.280. The maximum Gasteiger partial charge on any atom is 0.250 e. The molecule has 1 unspecified atom stereocenters. The van der Waals surface area contributed by atoms with Gasteiger partial charge in [-0.05, 0) is 17.7 Å². The summed E-state index contributed by atoms with van der Waals surface area (Å²) in [5, 5.41) is 0. The number of thiophene rings is 1. The van der Waals surface area contributed by atoms with Gasteiger partial charge in [-0.3, -0.25) is 0 Å². The van der Waals surface area contributed by atoms with Crippen LogP contribution in [0.4, 0.5) is 0 Å². The SMILES string of the molecule is O=S(=O)(NCC(Br)c1ccccc1)c1ccc(Cl)s1. The van der Waals surface area contributed by atoms with Crippen molar-refractivity contribution in [2.45, 2.75) is 9.04 Å². The summed E-state index contributed by atoms with van der Waals surface area (Å²) in [6, 6.07) is 12.7. The standard InChI is InChI=1S/C12H11BrClNO2S2/c13-10(9-4-2-1-3-5-9)8-15-19(16,17)12-7-6-11(14)18-12/h1-7,10,15H,8H2. The Morgan fingerprint density at radius 2 is 1.89 bits per heavy atom. The van der Waals surface area contributed by atoms with Gasteiger partial charge in [0.2, 0.25) is 10.0 Å². The smallest absolute Gasteiger partial charge is 0.209 e. The van der Waals surface area contributed by atoms with Gasteiger partial charge < -0.3 is 0 Å². The Balaban J connectivity index is 2.03. The summed E-state index contributed by atoms with van der Waals surface area (Å²) in [5.41, 5.74) is 1.02. The van der Waals surface area contributed by atoms with Crippen LogP contribution in [0, 0.1) is 0 Å². The van der Waals surface area contributed by atoms with Gasteiger partial charge in [0.05, 0.1) is 9.16 Å². The fraction of sp³-hybridized carbons (Fsp3) is 0.167. The van der Waals surface area contributed by atoms with Crippen molar-refractivity contribution in [3.05, 3.63) is 52.4 Å². The summed E-state index contributed by atoms with van der Waals surface area (Å²) in [6.07, 6.45) is 0. The molecule has 0 radical (unpaired) electrons. The molecular weight excluding hydrogens is 370 g/mol. The van der Waals surface area contributed by atoms with Crippen molar-refractivity contribution in [1.29, 1.82) is 0 Å². The highest BCUT2D eigenvalue weighted by Gasteiger charge is 2.18. The highest BCUT2D eigenvalue weighted by atomic mass is 79.9. The van der Waals surface area contributed by atoms with Crippen LogP contribution in [0.5, 0.6) is 0 Å². The Bertz CT molecular complexity index is 643. The summed E-state index contributed by atoms with van der Waals surface area (Å²) in [7, 11) is -3.49. The van der Waals surface area contributed by atoms with Crippen LogP contribution >= 0.6 is 38.9 Å². The molecule has 0 fully saturated rings. The summed E-state index contributed by atoms with van der Waals surface area (Å²) in [5.74, 6) is 0. The molecule has 102 valence electrons. The number of hydrogen-bond acceptors (Lipinski definition) is 3. The normalized spacial score (nSPS) is 13.4. The van der Waals surface area contributed by atoms with Gasteiger partial charge in [0.15, 0.2) is 0 Å². The quantitative estimate of drug-likeness (QED) is 0.802. The molecule has 19 heavy (non-hydrogen) atoms. The van der Waals surface area contributed by atoms with Crippen LogP contribution in [-0.4, -0.2) is 15.0 Å². The fourth-order valence-corrected chi connectivity index (χ4v) is 4.73. The van der Waals surface area contributed by atoms with Gasteiger partial charge in [-0.2, -0.15) is 0 Å². The van der Waals surface area contributed by atoms with Crippen molar-refractivity contribution in [1.82, 2.24) is 4.72 Å². The van der Waals surface area contributed by atoms with Gasteiger partial charge in [0.25, 0.3) is 0 Å². The van der Waals surface area contributed by atoms with Gasteiger partial charge in [-0.25, -0.2) is 13.1 Å². The third-order valence-electron chi connectivity index (χ3n) is 2.43. The van der Waals surface area contributed by atoms with Crippen LogP contribution in [0.2, 0.25) is 4.34 Å². The van der Waals surface area contributed by atoms with Crippen LogP contribution in [0.3, 0.4) is 0 Å². The monoisotopic (exact) mass is 379 g/mol. The molecule has 7 heteroatoms. The molecular formula is C12H11BrClNO2S2. The minimum absolute atomic E-state index is 0.0705. The Kier molecular flexibility index (Phi) is 5.03. The predicted molar refractivity (Wildman–Crippen MR) is 82.6 cm³/mol. The van der Waals surface area contributed by atoms with E-state index in [1.807, 2.05) is 30.3 Å². The van der Waals surface area contributed by atoms with E-state index in [9.17, 15) is 8.42 Å². The number of nitrogens with one attached hydrogen (secondary N) is 1. The van der Waals surface area contributed by atoms with E-state index in [1.54, 1.807) is 6.07 Å². The average molecular weight is 381 g/mol. The fourth-order valence-electron chi connectivity index (χ4n) is 1.48. The first kappa shape index (κ1) is 15.0. The minimum Gasteiger partial charge on any atom is -0.209 e. The third-order valence-corrected chi connectivity index (χ3v) is 6.43. The van der Waals surface area contributed by atoms with E-state index in [1.165, 1.54) is 6.07 Å². The van der Waals surface area contributed by atoms with E-state index >= 15 is 0 Å². The molecule has 1 aromatic heterocycles. The topological polar surface area (TPSA) is 46.2 Å². The van der Waals surface area contributed by atoms with Gasteiger partial charge >= 0.3 is 0 Å². The lowest BCUT2D eigenvalue weighted by molar-refractivity contribution is 0.583. The van der Waals surface area contributed by atoms with Gasteiger partial charge in [-0.15, -0.1) is 11.3 Å². The molecule has 0 amide bonds. The first-order valence-corrected chi connectivity index (χ1v) is 9.02. The van der Waals surface area contributed by atoms with Crippen LogP contribution in [0.15, 0.2) is 46.7 Å². The van der Waals surface area contributed by atoms with Crippen molar-refractivity contribution in [3.63, 3.8) is 0 Å². The lowest BCUT2D eigenvalue weighted by Crippen LogP contribution is -2.26. The van der Waals surface area contributed by atoms with E-state index in [0.29, 0.717) is 4.34 Å². The Morgan fingerprint density at radius 1 is 1.21 bits per heavy atom. The summed E-state index contributed by atoms with van der Waals surface area (Å²) >= 11 is 10.3. The van der Waals surface area contributed by atoms with Crippen molar-refractivity contribution in [3.8, 4) is 0 Å². The zero-order valence-corrected chi connectivity index (χ0v) is 13.7. The molecule has 0 saturated carbocycles. The van der Waals surface area contributed by atoms with Crippen molar-refractivity contribution in [2.24, 2.45) is 0 Å². The molecule has 0 bridgehead atoms. The van der Waals surface area contributed by atoms with E-state index in [-0.39, 0.29) is 15.6 Å². The predicted octanol–water partition coefficient (Wildman–Crippen LogP) is 3.82. The number of alkyl halides is 1. The number of rotatable bonds is 5. The summed E-state index contributed by atoms with van der Waals surface area (Å²) < 4.78 is 27.3. The molecule has 3 nitrogen and oxygen atoms in total.